The lowest BCUT2D eigenvalue weighted by Crippen LogP contribution is -2.31. The standard InChI is InChI=1S/C14H19BrN2O/c1-11(2)10-17(6-7-18-3)14-5-4-13(15)8-12(14)9-16/h4-5,8,11H,6-7,10H2,1-3H3. The summed E-state index contributed by atoms with van der Waals surface area (Å²) in [7, 11) is 1.69. The van der Waals surface area contributed by atoms with Crippen LogP contribution in [0.4, 0.5) is 5.69 Å². The minimum absolute atomic E-state index is 0.539. The van der Waals surface area contributed by atoms with Crippen LogP contribution in [0.25, 0.3) is 0 Å². The van der Waals surface area contributed by atoms with Crippen molar-refractivity contribution in [3.8, 4) is 6.07 Å². The van der Waals surface area contributed by atoms with Gasteiger partial charge >= 0.3 is 0 Å². The van der Waals surface area contributed by atoms with E-state index in [0.29, 0.717) is 18.1 Å². The molecule has 3 nitrogen and oxygen atoms in total. The Kier molecular flexibility index (Phi) is 6.17. The predicted molar refractivity (Wildman–Crippen MR) is 77.8 cm³/mol. The highest BCUT2D eigenvalue weighted by Gasteiger charge is 2.12. The molecule has 0 radical (unpaired) electrons. The van der Waals surface area contributed by atoms with Gasteiger partial charge in [0, 0.05) is 24.7 Å². The second-order valence-electron chi connectivity index (χ2n) is 4.61. The average molecular weight is 311 g/mol. The number of ether oxygens (including phenoxy) is 1. The maximum atomic E-state index is 9.22. The Labute approximate surface area is 117 Å². The largest absolute Gasteiger partial charge is 0.383 e. The van der Waals surface area contributed by atoms with E-state index in [1.165, 1.54) is 0 Å². The fraction of sp³-hybridized carbons (Fsp3) is 0.500. The highest BCUT2D eigenvalue weighted by Crippen LogP contribution is 2.24. The van der Waals surface area contributed by atoms with E-state index in [1.54, 1.807) is 7.11 Å². The minimum atomic E-state index is 0.539. The molecule has 0 N–H and O–H groups in total. The van der Waals surface area contributed by atoms with E-state index in [2.05, 4.69) is 40.7 Å². The van der Waals surface area contributed by atoms with Gasteiger partial charge in [0.1, 0.15) is 6.07 Å². The third-order valence-corrected chi connectivity index (χ3v) is 3.06. The number of nitrogens with zero attached hydrogens (tertiary/aromatic N) is 2. The van der Waals surface area contributed by atoms with Gasteiger partial charge in [-0.05, 0) is 24.1 Å². The SMILES string of the molecule is COCCN(CC(C)C)c1ccc(Br)cc1C#N. The molecule has 0 aliphatic rings. The smallest absolute Gasteiger partial charge is 0.101 e. The van der Waals surface area contributed by atoms with Crippen LogP contribution in [0.2, 0.25) is 0 Å². The third kappa shape index (κ3) is 4.32. The number of rotatable bonds is 6. The van der Waals surface area contributed by atoms with Gasteiger partial charge in [-0.3, -0.25) is 0 Å². The molecular formula is C14H19BrN2O. The van der Waals surface area contributed by atoms with Crippen LogP contribution in [0.15, 0.2) is 22.7 Å². The molecule has 0 amide bonds. The van der Waals surface area contributed by atoms with Crippen LogP contribution in [0.1, 0.15) is 19.4 Å². The highest BCUT2D eigenvalue weighted by molar-refractivity contribution is 9.10. The lowest BCUT2D eigenvalue weighted by molar-refractivity contribution is 0.204. The van der Waals surface area contributed by atoms with Gasteiger partial charge in [-0.15, -0.1) is 0 Å². The van der Waals surface area contributed by atoms with Crippen molar-refractivity contribution in [2.75, 3.05) is 31.7 Å². The average Bonchev–Trinajstić information content (AvgIpc) is 2.34. The summed E-state index contributed by atoms with van der Waals surface area (Å²) in [5, 5.41) is 9.22. The van der Waals surface area contributed by atoms with Crippen LogP contribution in [0.5, 0.6) is 0 Å². The first-order chi connectivity index (χ1) is 8.58. The van der Waals surface area contributed by atoms with Crippen LogP contribution in [-0.4, -0.2) is 26.8 Å². The summed E-state index contributed by atoms with van der Waals surface area (Å²) in [6, 6.07) is 8.07. The Morgan fingerprint density at radius 3 is 2.72 bits per heavy atom. The van der Waals surface area contributed by atoms with E-state index in [1.807, 2.05) is 18.2 Å². The quantitative estimate of drug-likeness (QED) is 0.807. The Balaban J connectivity index is 3.00. The highest BCUT2D eigenvalue weighted by atomic mass is 79.9. The number of nitriles is 1. The molecule has 0 aliphatic heterocycles. The Hall–Kier alpha value is -1.05. The number of hydrogen-bond donors (Lipinski definition) is 0. The Morgan fingerprint density at radius 2 is 2.17 bits per heavy atom. The van der Waals surface area contributed by atoms with Crippen LogP contribution < -0.4 is 4.90 Å². The van der Waals surface area contributed by atoms with Crippen molar-refractivity contribution in [2.45, 2.75) is 13.8 Å². The number of methoxy groups -OCH3 is 1. The van der Waals surface area contributed by atoms with Gasteiger partial charge in [0.2, 0.25) is 0 Å². The van der Waals surface area contributed by atoms with Crippen molar-refractivity contribution in [3.63, 3.8) is 0 Å². The molecule has 0 aliphatic carbocycles. The van der Waals surface area contributed by atoms with Gasteiger partial charge in [-0.25, -0.2) is 0 Å². The molecule has 0 heterocycles. The molecule has 0 fully saturated rings. The zero-order valence-corrected chi connectivity index (χ0v) is 12.7. The van der Waals surface area contributed by atoms with Crippen LogP contribution in [0.3, 0.4) is 0 Å². The summed E-state index contributed by atoms with van der Waals surface area (Å²) in [6.07, 6.45) is 0. The van der Waals surface area contributed by atoms with E-state index in [4.69, 9.17) is 4.74 Å². The summed E-state index contributed by atoms with van der Waals surface area (Å²) in [6.45, 7) is 6.72. The predicted octanol–water partition coefficient (Wildman–Crippen LogP) is 3.43. The lowest BCUT2D eigenvalue weighted by atomic mass is 10.1. The molecule has 98 valence electrons. The molecule has 1 aromatic carbocycles. The first-order valence-corrected chi connectivity index (χ1v) is 6.81. The molecule has 4 heteroatoms. The van der Waals surface area contributed by atoms with Crippen molar-refractivity contribution in [1.29, 1.82) is 5.26 Å². The summed E-state index contributed by atoms with van der Waals surface area (Å²) in [5.41, 5.74) is 1.67. The molecule has 0 saturated heterocycles. The number of hydrogen-bond acceptors (Lipinski definition) is 3. The molecule has 0 bridgehead atoms. The molecule has 1 rings (SSSR count). The van der Waals surface area contributed by atoms with Gasteiger partial charge in [-0.1, -0.05) is 29.8 Å². The summed E-state index contributed by atoms with van der Waals surface area (Å²) >= 11 is 3.40. The topological polar surface area (TPSA) is 36.3 Å². The van der Waals surface area contributed by atoms with E-state index in [0.717, 1.165) is 23.2 Å². The number of halogens is 1. The molecule has 0 saturated carbocycles. The van der Waals surface area contributed by atoms with Gasteiger partial charge in [0.05, 0.1) is 17.9 Å². The Bertz CT molecular complexity index is 426. The first kappa shape index (κ1) is 15.0. The molecule has 0 spiro atoms. The van der Waals surface area contributed by atoms with Crippen molar-refractivity contribution in [1.82, 2.24) is 0 Å². The molecular weight excluding hydrogens is 292 g/mol. The van der Waals surface area contributed by atoms with Gasteiger partial charge in [0.15, 0.2) is 0 Å². The number of anilines is 1. The van der Waals surface area contributed by atoms with E-state index in [9.17, 15) is 5.26 Å². The summed E-state index contributed by atoms with van der Waals surface area (Å²) in [5.74, 6) is 0.539. The van der Waals surface area contributed by atoms with Crippen LogP contribution >= 0.6 is 15.9 Å². The van der Waals surface area contributed by atoms with E-state index >= 15 is 0 Å². The van der Waals surface area contributed by atoms with Gasteiger partial charge in [-0.2, -0.15) is 5.26 Å². The van der Waals surface area contributed by atoms with Crippen LogP contribution in [-0.2, 0) is 4.74 Å². The van der Waals surface area contributed by atoms with Crippen molar-refractivity contribution in [3.05, 3.63) is 28.2 Å². The lowest BCUT2D eigenvalue weighted by Gasteiger charge is -2.27. The van der Waals surface area contributed by atoms with E-state index in [-0.39, 0.29) is 0 Å². The van der Waals surface area contributed by atoms with Crippen molar-refractivity contribution < 1.29 is 4.74 Å². The molecule has 18 heavy (non-hydrogen) atoms. The maximum absolute atomic E-state index is 9.22. The first-order valence-electron chi connectivity index (χ1n) is 6.02. The number of benzene rings is 1. The van der Waals surface area contributed by atoms with Gasteiger partial charge in [0.25, 0.3) is 0 Å². The molecule has 1 aromatic rings. The van der Waals surface area contributed by atoms with Gasteiger partial charge < -0.3 is 9.64 Å². The normalized spacial score (nSPS) is 10.4. The van der Waals surface area contributed by atoms with E-state index < -0.39 is 0 Å². The van der Waals surface area contributed by atoms with Crippen molar-refractivity contribution in [2.24, 2.45) is 5.92 Å². The zero-order chi connectivity index (χ0) is 13.5. The maximum Gasteiger partial charge on any atom is 0.101 e. The molecule has 0 atom stereocenters. The van der Waals surface area contributed by atoms with Crippen molar-refractivity contribution >= 4 is 21.6 Å². The second-order valence-corrected chi connectivity index (χ2v) is 5.52. The molecule has 0 aromatic heterocycles. The fourth-order valence-electron chi connectivity index (χ4n) is 1.83. The fourth-order valence-corrected chi connectivity index (χ4v) is 2.19. The second kappa shape index (κ2) is 7.40. The van der Waals surface area contributed by atoms with Crippen LogP contribution in [0, 0.1) is 17.2 Å². The summed E-state index contributed by atoms with van der Waals surface area (Å²) in [4.78, 5) is 2.21. The molecule has 0 unspecified atom stereocenters. The Morgan fingerprint density at radius 1 is 1.44 bits per heavy atom. The zero-order valence-electron chi connectivity index (χ0n) is 11.1. The summed E-state index contributed by atoms with van der Waals surface area (Å²) < 4.78 is 6.07. The monoisotopic (exact) mass is 310 g/mol. The minimum Gasteiger partial charge on any atom is -0.383 e. The third-order valence-electron chi connectivity index (χ3n) is 2.57.